The molecule has 1 heterocycles. The van der Waals surface area contributed by atoms with Crippen molar-refractivity contribution >= 4 is 5.84 Å². The second-order valence-electron chi connectivity index (χ2n) is 4.95. The third-order valence-electron chi connectivity index (χ3n) is 2.77. The van der Waals surface area contributed by atoms with Crippen LogP contribution in [0.4, 0.5) is 0 Å². The predicted molar refractivity (Wildman–Crippen MR) is 76.7 cm³/mol. The average molecular weight is 273 g/mol. The van der Waals surface area contributed by atoms with E-state index in [0.29, 0.717) is 23.8 Å². The summed E-state index contributed by atoms with van der Waals surface area (Å²) in [6, 6.07) is 7.22. The largest absolute Gasteiger partial charge is 0.485 e. The molecule has 1 aromatic carbocycles. The fraction of sp³-hybridized carbons (Fsp3) is 0.357. The molecule has 0 unspecified atom stereocenters. The van der Waals surface area contributed by atoms with Gasteiger partial charge in [-0.15, -0.1) is 0 Å². The highest BCUT2D eigenvalue weighted by Crippen LogP contribution is 2.18. The smallest absolute Gasteiger partial charge is 0.164 e. The van der Waals surface area contributed by atoms with Gasteiger partial charge in [-0.3, -0.25) is 5.41 Å². The summed E-state index contributed by atoms with van der Waals surface area (Å²) in [6.45, 7) is 5.35. The maximum atomic E-state index is 7.53. The van der Waals surface area contributed by atoms with Gasteiger partial charge in [0.25, 0.3) is 0 Å². The van der Waals surface area contributed by atoms with Gasteiger partial charge in [0, 0.05) is 6.54 Å². The first kappa shape index (κ1) is 14.0. The van der Waals surface area contributed by atoms with Gasteiger partial charge in [0.2, 0.25) is 0 Å². The number of nitrogens with zero attached hydrogens (tertiary/aromatic N) is 3. The zero-order chi connectivity index (χ0) is 14.5. The number of nitrogen functional groups attached to an aromatic ring is 1. The first-order valence-corrected chi connectivity index (χ1v) is 6.51. The molecule has 2 aromatic rings. The number of hydrogen-bond donors (Lipinski definition) is 2. The van der Waals surface area contributed by atoms with Crippen LogP contribution in [0.5, 0.6) is 5.75 Å². The van der Waals surface area contributed by atoms with Crippen LogP contribution in [0.2, 0.25) is 0 Å². The summed E-state index contributed by atoms with van der Waals surface area (Å²) in [5.41, 5.74) is 6.12. The van der Waals surface area contributed by atoms with Gasteiger partial charge in [-0.05, 0) is 18.1 Å². The minimum atomic E-state index is -0.00996. The Balaban J connectivity index is 2.10. The third-order valence-corrected chi connectivity index (χ3v) is 2.77. The summed E-state index contributed by atoms with van der Waals surface area (Å²) in [5.74, 6) is 1.82. The molecule has 0 saturated carbocycles. The lowest BCUT2D eigenvalue weighted by molar-refractivity contribution is 0.282. The van der Waals surface area contributed by atoms with E-state index in [-0.39, 0.29) is 5.84 Å². The molecule has 1 aromatic heterocycles. The minimum absolute atomic E-state index is 0.00996. The van der Waals surface area contributed by atoms with E-state index in [1.807, 2.05) is 16.8 Å². The summed E-state index contributed by atoms with van der Waals surface area (Å²) in [5, 5.41) is 11.7. The lowest BCUT2D eigenvalue weighted by Crippen LogP contribution is -2.15. The molecule has 0 bridgehead atoms. The van der Waals surface area contributed by atoms with Gasteiger partial charge in [-0.1, -0.05) is 26.0 Å². The molecule has 106 valence electrons. The predicted octanol–water partition coefficient (Wildman–Crippen LogP) is 1.80. The molecule has 0 aliphatic rings. The van der Waals surface area contributed by atoms with Crippen LogP contribution in [0.25, 0.3) is 0 Å². The molecule has 0 fully saturated rings. The Kier molecular flexibility index (Phi) is 4.34. The van der Waals surface area contributed by atoms with Crippen LogP contribution in [-0.4, -0.2) is 20.6 Å². The van der Waals surface area contributed by atoms with Crippen molar-refractivity contribution in [3.63, 3.8) is 0 Å². The zero-order valence-electron chi connectivity index (χ0n) is 11.7. The number of rotatable bonds is 6. The number of nitrogens with two attached hydrogens (primary N) is 1. The van der Waals surface area contributed by atoms with Crippen molar-refractivity contribution in [1.29, 1.82) is 5.41 Å². The molecule has 20 heavy (non-hydrogen) atoms. The minimum Gasteiger partial charge on any atom is -0.485 e. The monoisotopic (exact) mass is 273 g/mol. The third kappa shape index (κ3) is 3.34. The molecule has 0 radical (unpaired) electrons. The van der Waals surface area contributed by atoms with Gasteiger partial charge >= 0.3 is 0 Å². The lowest BCUT2D eigenvalue weighted by Gasteiger charge is -2.12. The molecule has 3 N–H and O–H groups in total. The van der Waals surface area contributed by atoms with Crippen LogP contribution in [0.15, 0.2) is 30.6 Å². The van der Waals surface area contributed by atoms with E-state index in [1.54, 1.807) is 12.1 Å². The molecular weight excluding hydrogens is 254 g/mol. The number of para-hydroxylation sites is 1. The van der Waals surface area contributed by atoms with Crippen molar-refractivity contribution in [2.24, 2.45) is 11.7 Å². The summed E-state index contributed by atoms with van der Waals surface area (Å²) in [7, 11) is 0. The summed E-state index contributed by atoms with van der Waals surface area (Å²) in [4.78, 5) is 4.20. The van der Waals surface area contributed by atoms with Crippen molar-refractivity contribution in [1.82, 2.24) is 14.8 Å². The Labute approximate surface area is 118 Å². The Morgan fingerprint density at radius 1 is 1.40 bits per heavy atom. The maximum Gasteiger partial charge on any atom is 0.164 e. The highest BCUT2D eigenvalue weighted by molar-refractivity contribution is 5.97. The van der Waals surface area contributed by atoms with E-state index in [1.165, 1.54) is 6.33 Å². The number of aromatic nitrogens is 3. The summed E-state index contributed by atoms with van der Waals surface area (Å²) in [6.07, 6.45) is 1.53. The lowest BCUT2D eigenvalue weighted by atomic mass is 10.2. The van der Waals surface area contributed by atoms with Crippen LogP contribution >= 0.6 is 0 Å². The van der Waals surface area contributed by atoms with Crippen molar-refractivity contribution in [3.8, 4) is 5.75 Å². The Bertz CT molecular complexity index is 591. The van der Waals surface area contributed by atoms with Gasteiger partial charge in [-0.2, -0.15) is 5.10 Å². The zero-order valence-corrected chi connectivity index (χ0v) is 11.7. The second-order valence-corrected chi connectivity index (χ2v) is 4.95. The highest BCUT2D eigenvalue weighted by atomic mass is 16.5. The summed E-state index contributed by atoms with van der Waals surface area (Å²) >= 11 is 0. The summed E-state index contributed by atoms with van der Waals surface area (Å²) < 4.78 is 7.56. The van der Waals surface area contributed by atoms with Crippen molar-refractivity contribution < 1.29 is 4.74 Å². The Hall–Kier alpha value is -2.37. The molecule has 0 amide bonds. The van der Waals surface area contributed by atoms with Crippen molar-refractivity contribution in [2.45, 2.75) is 27.0 Å². The van der Waals surface area contributed by atoms with E-state index in [4.69, 9.17) is 15.9 Å². The van der Waals surface area contributed by atoms with E-state index in [2.05, 4.69) is 23.9 Å². The van der Waals surface area contributed by atoms with E-state index in [0.717, 1.165) is 12.4 Å². The SMILES string of the molecule is CC(C)Cn1ncnc1COc1ccccc1C(=N)N. The number of amidine groups is 1. The van der Waals surface area contributed by atoms with Crippen molar-refractivity contribution in [3.05, 3.63) is 42.0 Å². The molecule has 0 spiro atoms. The first-order valence-electron chi connectivity index (χ1n) is 6.51. The average Bonchev–Trinajstić information content (AvgIpc) is 2.83. The highest BCUT2D eigenvalue weighted by Gasteiger charge is 2.10. The standard InChI is InChI=1S/C14H19N5O/c1-10(2)7-19-13(17-9-18-19)8-20-12-6-4-3-5-11(12)14(15)16/h3-6,9-10H,7-8H2,1-2H3,(H3,15,16). The van der Waals surface area contributed by atoms with Crippen LogP contribution in [0.3, 0.4) is 0 Å². The number of benzene rings is 1. The van der Waals surface area contributed by atoms with Gasteiger partial charge in [0.1, 0.15) is 24.5 Å². The number of hydrogen-bond acceptors (Lipinski definition) is 4. The normalized spacial score (nSPS) is 10.8. The van der Waals surface area contributed by atoms with Gasteiger partial charge in [0.05, 0.1) is 5.56 Å². The van der Waals surface area contributed by atoms with Crippen LogP contribution in [0, 0.1) is 11.3 Å². The topological polar surface area (TPSA) is 89.8 Å². The van der Waals surface area contributed by atoms with E-state index >= 15 is 0 Å². The van der Waals surface area contributed by atoms with E-state index in [9.17, 15) is 0 Å². The maximum absolute atomic E-state index is 7.53. The van der Waals surface area contributed by atoms with Gasteiger partial charge in [0.15, 0.2) is 5.82 Å². The molecule has 0 aliphatic heterocycles. The second kappa shape index (κ2) is 6.18. The van der Waals surface area contributed by atoms with Gasteiger partial charge < -0.3 is 10.5 Å². The van der Waals surface area contributed by atoms with E-state index < -0.39 is 0 Å². The Morgan fingerprint density at radius 2 is 2.15 bits per heavy atom. The van der Waals surface area contributed by atoms with Crippen LogP contribution in [0.1, 0.15) is 25.2 Å². The molecule has 6 heteroatoms. The van der Waals surface area contributed by atoms with Crippen molar-refractivity contribution in [2.75, 3.05) is 0 Å². The molecule has 0 saturated heterocycles. The fourth-order valence-corrected chi connectivity index (χ4v) is 1.86. The molecule has 0 aliphatic carbocycles. The first-order chi connectivity index (χ1) is 9.58. The van der Waals surface area contributed by atoms with Gasteiger partial charge in [-0.25, -0.2) is 9.67 Å². The molecular formula is C14H19N5O. The quantitative estimate of drug-likeness (QED) is 0.620. The van der Waals surface area contributed by atoms with Crippen LogP contribution < -0.4 is 10.5 Å². The fourth-order valence-electron chi connectivity index (χ4n) is 1.86. The molecule has 2 rings (SSSR count). The Morgan fingerprint density at radius 3 is 2.85 bits per heavy atom. The van der Waals surface area contributed by atoms with Crippen LogP contribution in [-0.2, 0) is 13.2 Å². The number of ether oxygens (including phenoxy) is 1. The molecule has 0 atom stereocenters. The number of nitrogens with one attached hydrogen (secondary N) is 1. The molecule has 6 nitrogen and oxygen atoms in total.